The average molecular weight is 462 g/mol. The second-order valence-corrected chi connectivity index (χ2v) is 6.99. The van der Waals surface area contributed by atoms with Gasteiger partial charge in [-0.3, -0.25) is 4.79 Å². The quantitative estimate of drug-likeness (QED) is 0.282. The molecule has 3 N–H and O–H groups in total. The molecule has 0 atom stereocenters. The fourth-order valence-corrected chi connectivity index (χ4v) is 3.10. The second kappa shape index (κ2) is 10.3. The number of benzene rings is 2. The Bertz CT molecular complexity index is 1300. The van der Waals surface area contributed by atoms with Gasteiger partial charge in [0.2, 0.25) is 11.6 Å². The zero-order valence-electron chi connectivity index (χ0n) is 18.5. The molecule has 0 aliphatic carbocycles. The highest BCUT2D eigenvalue weighted by molar-refractivity contribution is 5.99. The first kappa shape index (κ1) is 22.5. The number of hydrogen-bond donors (Lipinski definition) is 2. The molecule has 4 aromatic rings. The smallest absolute Gasteiger partial charge is 0.294 e. The number of carbonyl (C=O) groups is 1. The van der Waals surface area contributed by atoms with E-state index in [2.05, 4.69) is 35.8 Å². The lowest BCUT2D eigenvalue weighted by atomic mass is 10.1. The van der Waals surface area contributed by atoms with Crippen molar-refractivity contribution in [2.75, 3.05) is 19.5 Å². The molecule has 1 amide bonds. The second-order valence-electron chi connectivity index (χ2n) is 6.99. The molecule has 0 fully saturated rings. The van der Waals surface area contributed by atoms with Crippen LogP contribution in [0.15, 0.2) is 58.3 Å². The van der Waals surface area contributed by atoms with Crippen LogP contribution in [0.2, 0.25) is 0 Å². The van der Waals surface area contributed by atoms with Gasteiger partial charge in [0.05, 0.1) is 19.9 Å². The normalized spacial score (nSPS) is 11.0. The van der Waals surface area contributed by atoms with Gasteiger partial charge in [0.15, 0.2) is 5.69 Å². The van der Waals surface area contributed by atoms with Gasteiger partial charge in [-0.15, -0.1) is 5.10 Å². The molecule has 2 aromatic heterocycles. The highest BCUT2D eigenvalue weighted by atomic mass is 16.6. The summed E-state index contributed by atoms with van der Waals surface area (Å²) in [4.78, 5) is 13.0. The first-order valence-corrected chi connectivity index (χ1v) is 10.4. The molecule has 0 saturated carbocycles. The molecular weight excluding hydrogens is 440 g/mol. The van der Waals surface area contributed by atoms with Crippen LogP contribution in [0, 0.1) is 0 Å². The highest BCUT2D eigenvalue weighted by Crippen LogP contribution is 2.28. The molecule has 12 nitrogen and oxygen atoms in total. The molecule has 0 bridgehead atoms. The van der Waals surface area contributed by atoms with Crippen LogP contribution >= 0.6 is 0 Å². The van der Waals surface area contributed by atoms with E-state index >= 15 is 0 Å². The topological polar surface area (TPSA) is 156 Å². The number of ether oxygens (including phenoxy) is 2. The van der Waals surface area contributed by atoms with Crippen LogP contribution in [0.5, 0.6) is 11.5 Å². The Morgan fingerprint density at radius 3 is 2.71 bits per heavy atom. The van der Waals surface area contributed by atoms with Gasteiger partial charge >= 0.3 is 0 Å². The maximum absolute atomic E-state index is 13.0. The summed E-state index contributed by atoms with van der Waals surface area (Å²) in [6, 6.07) is 14.4. The van der Waals surface area contributed by atoms with Crippen molar-refractivity contribution in [1.82, 2.24) is 30.7 Å². The van der Waals surface area contributed by atoms with Crippen LogP contribution in [0.25, 0.3) is 17.1 Å². The third kappa shape index (κ3) is 4.70. The Morgan fingerprint density at radius 1 is 1.21 bits per heavy atom. The minimum absolute atomic E-state index is 0.00167. The van der Waals surface area contributed by atoms with Gasteiger partial charge in [0.25, 0.3) is 5.91 Å². The Morgan fingerprint density at radius 2 is 2.00 bits per heavy atom. The van der Waals surface area contributed by atoms with Crippen molar-refractivity contribution in [1.29, 1.82) is 0 Å². The molecule has 4 rings (SSSR count). The lowest BCUT2D eigenvalue weighted by Crippen LogP contribution is -2.19. The van der Waals surface area contributed by atoms with Crippen LogP contribution in [-0.4, -0.2) is 51.1 Å². The van der Waals surface area contributed by atoms with E-state index in [-0.39, 0.29) is 17.3 Å². The van der Waals surface area contributed by atoms with E-state index in [9.17, 15) is 4.79 Å². The zero-order valence-corrected chi connectivity index (χ0v) is 18.5. The van der Waals surface area contributed by atoms with Crippen LogP contribution in [0.4, 0.5) is 5.82 Å². The van der Waals surface area contributed by atoms with Crippen molar-refractivity contribution >= 4 is 17.9 Å². The third-order valence-corrected chi connectivity index (χ3v) is 4.69. The van der Waals surface area contributed by atoms with Crippen molar-refractivity contribution in [3.8, 4) is 28.6 Å². The molecule has 0 saturated heterocycles. The van der Waals surface area contributed by atoms with Crippen LogP contribution in [0.1, 0.15) is 29.4 Å². The lowest BCUT2D eigenvalue weighted by Gasteiger charge is -2.08. The molecule has 12 heteroatoms. The fourth-order valence-electron chi connectivity index (χ4n) is 3.10. The largest absolute Gasteiger partial charge is 0.496 e. The number of rotatable bonds is 9. The molecule has 174 valence electrons. The summed E-state index contributed by atoms with van der Waals surface area (Å²) in [6.07, 6.45) is 2.36. The Balaban J connectivity index is 1.66. The summed E-state index contributed by atoms with van der Waals surface area (Å²) in [5.74, 6) is 0.820. The zero-order chi connectivity index (χ0) is 23.9. The summed E-state index contributed by atoms with van der Waals surface area (Å²) >= 11 is 0. The number of hydrazone groups is 1. The van der Waals surface area contributed by atoms with Crippen molar-refractivity contribution in [3.05, 3.63) is 59.8 Å². The number of para-hydroxylation sites is 1. The minimum Gasteiger partial charge on any atom is -0.496 e. The van der Waals surface area contributed by atoms with E-state index in [1.54, 1.807) is 43.5 Å². The summed E-state index contributed by atoms with van der Waals surface area (Å²) in [7, 11) is 1.55. The van der Waals surface area contributed by atoms with E-state index < -0.39 is 5.91 Å². The number of nitrogens with one attached hydrogen (secondary N) is 1. The lowest BCUT2D eigenvalue weighted by molar-refractivity contribution is 0.0950. The minimum atomic E-state index is -0.589. The molecule has 0 spiro atoms. The van der Waals surface area contributed by atoms with Gasteiger partial charge in [0.1, 0.15) is 17.2 Å². The number of hydrogen-bond acceptors (Lipinski definition) is 10. The number of nitrogens with two attached hydrogens (primary N) is 1. The number of anilines is 1. The number of aromatic nitrogens is 5. The third-order valence-electron chi connectivity index (χ3n) is 4.69. The van der Waals surface area contributed by atoms with Crippen LogP contribution in [-0.2, 0) is 0 Å². The SMILES string of the molecule is CCCOc1ccc(-c2c(C(=O)N/N=C\c3ccccc3OC)nnn2-c2nonc2N)cc1. The molecule has 0 aliphatic heterocycles. The molecule has 2 aromatic carbocycles. The average Bonchev–Trinajstić information content (AvgIpc) is 3.49. The fraction of sp³-hybridized carbons (Fsp3) is 0.182. The Hall–Kier alpha value is -4.74. The summed E-state index contributed by atoms with van der Waals surface area (Å²) in [6.45, 7) is 2.62. The van der Waals surface area contributed by atoms with Gasteiger partial charge in [-0.25, -0.2) is 10.1 Å². The van der Waals surface area contributed by atoms with Crippen molar-refractivity contribution in [2.24, 2.45) is 5.10 Å². The van der Waals surface area contributed by atoms with E-state index in [4.69, 9.17) is 15.2 Å². The van der Waals surface area contributed by atoms with Gasteiger partial charge in [-0.2, -0.15) is 9.78 Å². The number of amides is 1. The Labute approximate surface area is 194 Å². The molecule has 0 aliphatic rings. The van der Waals surface area contributed by atoms with E-state index in [1.807, 2.05) is 19.1 Å². The molecule has 0 radical (unpaired) electrons. The Kier molecular flexibility index (Phi) is 6.77. The number of carbonyl (C=O) groups excluding carboxylic acids is 1. The van der Waals surface area contributed by atoms with E-state index in [0.29, 0.717) is 34.9 Å². The van der Waals surface area contributed by atoms with Gasteiger partial charge in [-0.1, -0.05) is 24.3 Å². The maximum Gasteiger partial charge on any atom is 0.294 e. The number of nitrogens with zero attached hydrogens (tertiary/aromatic N) is 6. The predicted molar refractivity (Wildman–Crippen MR) is 123 cm³/mol. The highest BCUT2D eigenvalue weighted by Gasteiger charge is 2.25. The van der Waals surface area contributed by atoms with Crippen molar-refractivity contribution in [2.45, 2.75) is 13.3 Å². The van der Waals surface area contributed by atoms with Crippen LogP contribution in [0.3, 0.4) is 0 Å². The maximum atomic E-state index is 13.0. The summed E-state index contributed by atoms with van der Waals surface area (Å²) < 4.78 is 16.9. The first-order valence-electron chi connectivity index (χ1n) is 10.4. The molecular formula is C22H22N8O4. The van der Waals surface area contributed by atoms with Gasteiger partial charge in [0, 0.05) is 11.1 Å². The summed E-state index contributed by atoms with van der Waals surface area (Å²) in [5.41, 5.74) is 9.95. The van der Waals surface area contributed by atoms with Crippen molar-refractivity contribution < 1.29 is 18.9 Å². The molecule has 2 heterocycles. The summed E-state index contributed by atoms with van der Waals surface area (Å²) in [5, 5.41) is 19.4. The van der Waals surface area contributed by atoms with Gasteiger partial charge in [-0.05, 0) is 53.1 Å². The van der Waals surface area contributed by atoms with Crippen LogP contribution < -0.4 is 20.6 Å². The van der Waals surface area contributed by atoms with Crippen molar-refractivity contribution in [3.63, 3.8) is 0 Å². The predicted octanol–water partition coefficient (Wildman–Crippen LogP) is 2.46. The number of nitrogen functional groups attached to an aromatic ring is 1. The van der Waals surface area contributed by atoms with E-state index in [0.717, 1.165) is 6.42 Å². The monoisotopic (exact) mass is 462 g/mol. The number of methoxy groups -OCH3 is 1. The first-order chi connectivity index (χ1) is 16.6. The standard InChI is InChI=1S/C22H22N8O4/c1-3-12-33-16-10-8-14(9-11-16)19-18(25-29-30(19)21-20(23)27-34-28-21)22(31)26-24-13-15-6-4-5-7-17(15)32-2/h4-11,13H,3,12H2,1-2H3,(H2,23,27)(H,26,31)/b24-13-. The molecule has 0 unspecified atom stereocenters. The molecule has 34 heavy (non-hydrogen) atoms. The van der Waals surface area contributed by atoms with E-state index in [1.165, 1.54) is 10.9 Å². The van der Waals surface area contributed by atoms with Gasteiger partial charge < -0.3 is 15.2 Å².